The van der Waals surface area contributed by atoms with Gasteiger partial charge in [0.05, 0.1) is 5.02 Å². The van der Waals surface area contributed by atoms with Crippen LogP contribution in [0.1, 0.15) is 15.9 Å². The lowest BCUT2D eigenvalue weighted by molar-refractivity contribution is -0.132. The fourth-order valence-corrected chi connectivity index (χ4v) is 2.67. The van der Waals surface area contributed by atoms with Gasteiger partial charge >= 0.3 is 5.97 Å². The second-order valence-corrected chi connectivity index (χ2v) is 6.46. The Morgan fingerprint density at radius 2 is 1.70 bits per heavy atom. The highest BCUT2D eigenvalue weighted by Crippen LogP contribution is 2.32. The average Bonchev–Trinajstić information content (AvgIpc) is 2.71. The van der Waals surface area contributed by atoms with E-state index in [0.717, 1.165) is 6.07 Å². The van der Waals surface area contributed by atoms with Gasteiger partial charge in [-0.3, -0.25) is 4.79 Å². The highest BCUT2D eigenvalue weighted by Gasteiger charge is 2.14. The van der Waals surface area contributed by atoms with E-state index in [9.17, 15) is 23.5 Å². The van der Waals surface area contributed by atoms with Gasteiger partial charge in [-0.05, 0) is 54.1 Å². The summed E-state index contributed by atoms with van der Waals surface area (Å²) in [4.78, 5) is 23.7. The monoisotopic (exact) mass is 429 g/mol. The minimum absolute atomic E-state index is 0.0207. The molecular formula is C22H14ClF2NO4. The topological polar surface area (TPSA) is 75.6 Å². The van der Waals surface area contributed by atoms with Crippen molar-refractivity contribution < 1.29 is 28.2 Å². The molecule has 8 heteroatoms. The Bertz CT molecular complexity index is 1110. The van der Waals surface area contributed by atoms with Gasteiger partial charge in [-0.2, -0.15) is 0 Å². The number of para-hydroxylation sites is 1. The average molecular weight is 430 g/mol. The summed E-state index contributed by atoms with van der Waals surface area (Å²) in [7, 11) is 0. The number of amides is 1. The molecule has 0 aliphatic carbocycles. The molecule has 3 aromatic carbocycles. The smallest absolute Gasteiger partial charge is 0.352 e. The molecule has 0 aliphatic heterocycles. The second-order valence-electron chi connectivity index (χ2n) is 6.05. The highest BCUT2D eigenvalue weighted by molar-refractivity contribution is 6.32. The quantitative estimate of drug-likeness (QED) is 0.524. The van der Waals surface area contributed by atoms with Gasteiger partial charge in [-0.1, -0.05) is 35.9 Å². The van der Waals surface area contributed by atoms with Crippen LogP contribution in [0.2, 0.25) is 5.02 Å². The molecule has 30 heavy (non-hydrogen) atoms. The largest absolute Gasteiger partial charge is 0.477 e. The van der Waals surface area contributed by atoms with Gasteiger partial charge in [0.15, 0.2) is 11.6 Å². The number of benzene rings is 3. The highest BCUT2D eigenvalue weighted by atomic mass is 35.5. The number of hydrogen-bond donors (Lipinski definition) is 2. The summed E-state index contributed by atoms with van der Waals surface area (Å²) in [5.74, 6) is -3.24. The molecule has 0 bridgehead atoms. The van der Waals surface area contributed by atoms with E-state index in [1.807, 2.05) is 0 Å². The summed E-state index contributed by atoms with van der Waals surface area (Å²) in [5, 5.41) is 11.7. The molecule has 2 N–H and O–H groups in total. The van der Waals surface area contributed by atoms with Gasteiger partial charge in [0.25, 0.3) is 5.91 Å². The molecule has 5 nitrogen and oxygen atoms in total. The Kier molecular flexibility index (Phi) is 6.44. The molecule has 0 saturated heterocycles. The maximum atomic E-state index is 13.8. The molecule has 0 spiro atoms. The predicted octanol–water partition coefficient (Wildman–Crippen LogP) is 5.27. The number of halogens is 3. The Hall–Kier alpha value is -3.71. The number of rotatable bonds is 6. The van der Waals surface area contributed by atoms with Crippen LogP contribution in [0.3, 0.4) is 0 Å². The van der Waals surface area contributed by atoms with Crippen molar-refractivity contribution in [2.45, 2.75) is 0 Å². The van der Waals surface area contributed by atoms with E-state index < -0.39 is 29.2 Å². The first-order chi connectivity index (χ1) is 14.3. The molecule has 0 aromatic heterocycles. The number of ether oxygens (including phenoxy) is 1. The van der Waals surface area contributed by atoms with E-state index in [4.69, 9.17) is 16.3 Å². The van der Waals surface area contributed by atoms with E-state index in [-0.39, 0.29) is 22.1 Å². The molecule has 3 aromatic rings. The molecular weight excluding hydrogens is 416 g/mol. The summed E-state index contributed by atoms with van der Waals surface area (Å²) in [6, 6.07) is 15.0. The molecule has 0 heterocycles. The van der Waals surface area contributed by atoms with Crippen LogP contribution in [-0.2, 0) is 4.79 Å². The van der Waals surface area contributed by atoms with Crippen LogP contribution in [0.4, 0.5) is 8.78 Å². The lowest BCUT2D eigenvalue weighted by Gasteiger charge is -2.09. The zero-order valence-electron chi connectivity index (χ0n) is 15.2. The number of carboxylic acids is 1. The van der Waals surface area contributed by atoms with Gasteiger partial charge in [-0.25, -0.2) is 13.6 Å². The van der Waals surface area contributed by atoms with Crippen LogP contribution in [-0.4, -0.2) is 17.0 Å². The van der Waals surface area contributed by atoms with Crippen molar-refractivity contribution in [1.29, 1.82) is 0 Å². The molecule has 0 fully saturated rings. The molecule has 0 unspecified atom stereocenters. The molecule has 1 amide bonds. The molecule has 0 radical (unpaired) electrons. The summed E-state index contributed by atoms with van der Waals surface area (Å²) >= 11 is 5.92. The first-order valence-corrected chi connectivity index (χ1v) is 8.95. The van der Waals surface area contributed by atoms with Crippen molar-refractivity contribution in [3.8, 4) is 11.5 Å². The van der Waals surface area contributed by atoms with Gasteiger partial charge in [0.2, 0.25) is 0 Å². The molecule has 0 atom stereocenters. The predicted molar refractivity (Wildman–Crippen MR) is 107 cm³/mol. The van der Waals surface area contributed by atoms with Crippen LogP contribution >= 0.6 is 11.6 Å². The minimum atomic E-state index is -1.38. The van der Waals surface area contributed by atoms with Gasteiger partial charge in [0.1, 0.15) is 17.3 Å². The Morgan fingerprint density at radius 1 is 1.00 bits per heavy atom. The van der Waals surface area contributed by atoms with Crippen molar-refractivity contribution in [2.75, 3.05) is 0 Å². The van der Waals surface area contributed by atoms with Crippen LogP contribution in [0.5, 0.6) is 11.5 Å². The van der Waals surface area contributed by atoms with Crippen LogP contribution in [0.15, 0.2) is 72.4 Å². The summed E-state index contributed by atoms with van der Waals surface area (Å²) in [6.07, 6.45) is 1.22. The van der Waals surface area contributed by atoms with E-state index in [0.29, 0.717) is 5.56 Å². The lowest BCUT2D eigenvalue weighted by atomic mass is 10.1. The fraction of sp³-hybridized carbons (Fsp3) is 0. The SMILES string of the molecule is O=C(O)/C(=C/c1ccc(Oc2c(F)cccc2Cl)cc1)NC(=O)c1cccc(F)c1. The van der Waals surface area contributed by atoms with E-state index in [1.54, 1.807) is 0 Å². The van der Waals surface area contributed by atoms with Crippen molar-refractivity contribution in [3.05, 3.63) is 100 Å². The first kappa shape index (κ1) is 21.0. The van der Waals surface area contributed by atoms with E-state index in [1.165, 1.54) is 66.7 Å². The number of nitrogens with one attached hydrogen (secondary N) is 1. The van der Waals surface area contributed by atoms with Crippen molar-refractivity contribution >= 4 is 29.6 Å². The maximum absolute atomic E-state index is 13.8. The van der Waals surface area contributed by atoms with E-state index >= 15 is 0 Å². The number of carbonyl (C=O) groups is 2. The van der Waals surface area contributed by atoms with Crippen molar-refractivity contribution in [1.82, 2.24) is 5.32 Å². The van der Waals surface area contributed by atoms with Crippen LogP contribution in [0.25, 0.3) is 6.08 Å². The first-order valence-electron chi connectivity index (χ1n) is 8.57. The van der Waals surface area contributed by atoms with Crippen LogP contribution in [0, 0.1) is 11.6 Å². The molecule has 0 saturated carbocycles. The van der Waals surface area contributed by atoms with Crippen molar-refractivity contribution in [2.24, 2.45) is 0 Å². The number of carbonyl (C=O) groups excluding carboxylic acids is 1. The minimum Gasteiger partial charge on any atom is -0.477 e. The molecule has 3 rings (SSSR count). The fourth-order valence-electron chi connectivity index (χ4n) is 2.47. The third-order valence-electron chi connectivity index (χ3n) is 3.90. The van der Waals surface area contributed by atoms with Crippen molar-refractivity contribution in [3.63, 3.8) is 0 Å². The summed E-state index contributed by atoms with van der Waals surface area (Å²) < 4.78 is 32.5. The zero-order valence-corrected chi connectivity index (χ0v) is 16.0. The van der Waals surface area contributed by atoms with Gasteiger partial charge < -0.3 is 15.2 Å². The van der Waals surface area contributed by atoms with Crippen LogP contribution < -0.4 is 10.1 Å². The summed E-state index contributed by atoms with van der Waals surface area (Å²) in [5.41, 5.74) is 0.00154. The normalized spacial score (nSPS) is 11.1. The number of hydrogen-bond acceptors (Lipinski definition) is 3. The molecule has 152 valence electrons. The lowest BCUT2D eigenvalue weighted by Crippen LogP contribution is -2.27. The Labute approximate surface area is 175 Å². The Balaban J connectivity index is 1.78. The third kappa shape index (κ3) is 5.21. The van der Waals surface area contributed by atoms with E-state index in [2.05, 4.69) is 5.32 Å². The van der Waals surface area contributed by atoms with Gasteiger partial charge in [0, 0.05) is 5.56 Å². The number of carboxylic acid groups (broad SMARTS) is 1. The molecule has 0 aliphatic rings. The Morgan fingerprint density at radius 3 is 2.33 bits per heavy atom. The third-order valence-corrected chi connectivity index (χ3v) is 4.19. The zero-order chi connectivity index (χ0) is 21.7. The standard InChI is InChI=1S/C22H14ClF2NO4/c23-17-5-2-6-18(25)20(17)30-16-9-7-13(8-10-16)11-19(22(28)29)26-21(27)14-3-1-4-15(24)12-14/h1-12H,(H,26,27)(H,28,29)/b19-11-. The summed E-state index contributed by atoms with van der Waals surface area (Å²) in [6.45, 7) is 0. The maximum Gasteiger partial charge on any atom is 0.352 e. The number of aliphatic carboxylic acids is 1. The van der Waals surface area contributed by atoms with Gasteiger partial charge in [-0.15, -0.1) is 0 Å². The second kappa shape index (κ2) is 9.19.